The molecule has 4 rings (SSSR count). The minimum atomic E-state index is -4.45. The summed E-state index contributed by atoms with van der Waals surface area (Å²) < 4.78 is 39.9. The molecule has 3 aromatic rings. The van der Waals surface area contributed by atoms with E-state index in [0.717, 1.165) is 17.8 Å². The Morgan fingerprint density at radius 3 is 2.12 bits per heavy atom. The summed E-state index contributed by atoms with van der Waals surface area (Å²) in [6.45, 7) is 3.17. The van der Waals surface area contributed by atoms with Crippen molar-refractivity contribution in [1.82, 2.24) is 24.6 Å². The first-order valence-electron chi connectivity index (χ1n) is 10.5. The fraction of sp³-hybridized carbons (Fsp3) is 0.304. The summed E-state index contributed by atoms with van der Waals surface area (Å²) in [5.41, 5.74) is 0.632. The summed E-state index contributed by atoms with van der Waals surface area (Å²) in [6.07, 6.45) is -0.667. The van der Waals surface area contributed by atoms with Crippen molar-refractivity contribution in [1.29, 1.82) is 0 Å². The fourth-order valence-electron chi connectivity index (χ4n) is 3.84. The van der Waals surface area contributed by atoms with Gasteiger partial charge in [-0.15, -0.1) is 0 Å². The number of carbonyl (C=O) groups excluding carboxylic acids is 2. The highest BCUT2D eigenvalue weighted by molar-refractivity contribution is 5.96. The van der Waals surface area contributed by atoms with Gasteiger partial charge in [0, 0.05) is 37.9 Å². The third-order valence-corrected chi connectivity index (χ3v) is 5.61. The van der Waals surface area contributed by atoms with Crippen LogP contribution in [0.15, 0.2) is 54.9 Å². The lowest BCUT2D eigenvalue weighted by Crippen LogP contribution is -2.50. The number of carbonyl (C=O) groups is 2. The largest absolute Gasteiger partial charge is 0.416 e. The summed E-state index contributed by atoms with van der Waals surface area (Å²) in [5.74, 6) is 0.101. The van der Waals surface area contributed by atoms with Gasteiger partial charge in [0.1, 0.15) is 0 Å². The van der Waals surface area contributed by atoms with E-state index in [-0.39, 0.29) is 17.4 Å². The van der Waals surface area contributed by atoms with Gasteiger partial charge in [0.25, 0.3) is 11.8 Å². The van der Waals surface area contributed by atoms with Crippen molar-refractivity contribution in [2.24, 2.45) is 0 Å². The lowest BCUT2D eigenvalue weighted by atomic mass is 10.1. The molecular formula is C23H22F3N5O2. The molecule has 0 saturated carbocycles. The van der Waals surface area contributed by atoms with E-state index in [4.69, 9.17) is 0 Å². The zero-order valence-corrected chi connectivity index (χ0v) is 17.9. The van der Waals surface area contributed by atoms with Crippen molar-refractivity contribution in [2.75, 3.05) is 26.2 Å². The molecule has 0 atom stereocenters. The lowest BCUT2D eigenvalue weighted by molar-refractivity contribution is -0.137. The standard InChI is InChI=1S/C23H22F3N5O2/c1-2-19-18(15-28-31(19)20-5-3-4-10-27-20)22(33)30-13-11-29(12-14-30)21(32)16-6-8-17(9-7-16)23(24,25)26/h3-10,15H,2,11-14H2,1H3. The number of benzene rings is 1. The quantitative estimate of drug-likeness (QED) is 0.602. The highest BCUT2D eigenvalue weighted by Gasteiger charge is 2.31. The van der Waals surface area contributed by atoms with Gasteiger partial charge in [-0.2, -0.15) is 18.3 Å². The number of hydrogen-bond acceptors (Lipinski definition) is 4. The number of hydrogen-bond donors (Lipinski definition) is 0. The molecule has 1 aliphatic rings. The second-order valence-electron chi connectivity index (χ2n) is 7.62. The molecule has 0 bridgehead atoms. The predicted octanol–water partition coefficient (Wildman–Crippen LogP) is 3.45. The first-order valence-corrected chi connectivity index (χ1v) is 10.5. The maximum Gasteiger partial charge on any atom is 0.416 e. The molecule has 172 valence electrons. The molecule has 3 heterocycles. The Bertz CT molecular complexity index is 1140. The van der Waals surface area contributed by atoms with Crippen LogP contribution >= 0.6 is 0 Å². The topological polar surface area (TPSA) is 71.3 Å². The van der Waals surface area contributed by atoms with Crippen molar-refractivity contribution in [2.45, 2.75) is 19.5 Å². The molecule has 0 N–H and O–H groups in total. The molecule has 1 fully saturated rings. The number of amides is 2. The average molecular weight is 457 g/mol. The van der Waals surface area contributed by atoms with E-state index in [1.807, 2.05) is 19.1 Å². The highest BCUT2D eigenvalue weighted by atomic mass is 19.4. The molecule has 33 heavy (non-hydrogen) atoms. The summed E-state index contributed by atoms with van der Waals surface area (Å²) in [7, 11) is 0. The van der Waals surface area contributed by atoms with Crippen LogP contribution in [0, 0.1) is 0 Å². The lowest BCUT2D eigenvalue weighted by Gasteiger charge is -2.34. The van der Waals surface area contributed by atoms with Gasteiger partial charge in [-0.25, -0.2) is 9.67 Å². The van der Waals surface area contributed by atoms with Crippen LogP contribution in [0.25, 0.3) is 5.82 Å². The summed E-state index contributed by atoms with van der Waals surface area (Å²) in [4.78, 5) is 33.3. The van der Waals surface area contributed by atoms with Gasteiger partial charge in [-0.3, -0.25) is 9.59 Å². The van der Waals surface area contributed by atoms with Crippen molar-refractivity contribution in [3.8, 4) is 5.82 Å². The van der Waals surface area contributed by atoms with Crippen LogP contribution in [0.1, 0.15) is 38.9 Å². The van der Waals surface area contributed by atoms with E-state index in [1.165, 1.54) is 18.3 Å². The zero-order chi connectivity index (χ0) is 23.6. The first-order chi connectivity index (χ1) is 15.8. The molecular weight excluding hydrogens is 435 g/mol. The smallest absolute Gasteiger partial charge is 0.335 e. The van der Waals surface area contributed by atoms with Crippen LogP contribution in [-0.4, -0.2) is 62.6 Å². The zero-order valence-electron chi connectivity index (χ0n) is 17.9. The predicted molar refractivity (Wildman–Crippen MR) is 114 cm³/mol. The van der Waals surface area contributed by atoms with E-state index >= 15 is 0 Å². The third-order valence-electron chi connectivity index (χ3n) is 5.61. The Kier molecular flexibility index (Phi) is 6.17. The van der Waals surface area contributed by atoms with E-state index in [9.17, 15) is 22.8 Å². The Morgan fingerprint density at radius 1 is 0.939 bits per heavy atom. The second-order valence-corrected chi connectivity index (χ2v) is 7.62. The number of rotatable bonds is 4. The van der Waals surface area contributed by atoms with Gasteiger partial charge in [0.15, 0.2) is 5.82 Å². The molecule has 0 radical (unpaired) electrons. The van der Waals surface area contributed by atoms with Crippen LogP contribution in [0.3, 0.4) is 0 Å². The van der Waals surface area contributed by atoms with Crippen LogP contribution in [-0.2, 0) is 12.6 Å². The molecule has 0 unspecified atom stereocenters. The van der Waals surface area contributed by atoms with Crippen LogP contribution in [0.5, 0.6) is 0 Å². The minimum absolute atomic E-state index is 0.171. The van der Waals surface area contributed by atoms with Crippen molar-refractivity contribution in [3.05, 3.63) is 77.2 Å². The van der Waals surface area contributed by atoms with Gasteiger partial charge in [-0.05, 0) is 42.8 Å². The van der Waals surface area contributed by atoms with Gasteiger partial charge in [0.05, 0.1) is 23.0 Å². The highest BCUT2D eigenvalue weighted by Crippen LogP contribution is 2.29. The minimum Gasteiger partial charge on any atom is -0.335 e. The van der Waals surface area contributed by atoms with E-state index in [2.05, 4.69) is 10.1 Å². The summed E-state index contributed by atoms with van der Waals surface area (Å²) in [6, 6.07) is 9.63. The van der Waals surface area contributed by atoms with Crippen molar-refractivity contribution in [3.63, 3.8) is 0 Å². The molecule has 2 amide bonds. The van der Waals surface area contributed by atoms with E-state index in [1.54, 1.807) is 26.7 Å². The molecule has 1 aliphatic heterocycles. The van der Waals surface area contributed by atoms with Gasteiger partial charge >= 0.3 is 6.18 Å². The Labute approximate surface area is 188 Å². The summed E-state index contributed by atoms with van der Waals surface area (Å²) in [5, 5.41) is 4.34. The monoisotopic (exact) mass is 457 g/mol. The maximum absolute atomic E-state index is 13.1. The van der Waals surface area contributed by atoms with Crippen molar-refractivity contribution < 1.29 is 22.8 Å². The average Bonchev–Trinajstić information content (AvgIpc) is 3.27. The Morgan fingerprint density at radius 2 is 1.58 bits per heavy atom. The number of piperazine rings is 1. The number of pyridine rings is 1. The van der Waals surface area contributed by atoms with Crippen LogP contribution < -0.4 is 0 Å². The Balaban J connectivity index is 1.42. The van der Waals surface area contributed by atoms with Gasteiger partial charge < -0.3 is 9.80 Å². The second kappa shape index (κ2) is 9.05. The Hall–Kier alpha value is -3.69. The molecule has 7 nitrogen and oxygen atoms in total. The summed E-state index contributed by atoms with van der Waals surface area (Å²) >= 11 is 0. The van der Waals surface area contributed by atoms with Crippen LogP contribution in [0.2, 0.25) is 0 Å². The number of halogens is 3. The van der Waals surface area contributed by atoms with Gasteiger partial charge in [-0.1, -0.05) is 13.0 Å². The molecule has 0 aliphatic carbocycles. The molecule has 1 saturated heterocycles. The molecule has 10 heteroatoms. The maximum atomic E-state index is 13.1. The number of nitrogens with zero attached hydrogens (tertiary/aromatic N) is 5. The SMILES string of the molecule is CCc1c(C(=O)N2CCN(C(=O)c3ccc(C(F)(F)F)cc3)CC2)cnn1-c1ccccn1. The normalized spacial score (nSPS) is 14.4. The van der Waals surface area contributed by atoms with Gasteiger partial charge in [0.2, 0.25) is 0 Å². The van der Waals surface area contributed by atoms with E-state index < -0.39 is 11.7 Å². The van der Waals surface area contributed by atoms with Crippen molar-refractivity contribution >= 4 is 11.8 Å². The molecule has 0 spiro atoms. The third kappa shape index (κ3) is 4.59. The molecule has 2 aromatic heterocycles. The number of alkyl halides is 3. The van der Waals surface area contributed by atoms with Crippen LogP contribution in [0.4, 0.5) is 13.2 Å². The van der Waals surface area contributed by atoms with E-state index in [0.29, 0.717) is 44.0 Å². The molecule has 1 aromatic carbocycles. The fourth-order valence-corrected chi connectivity index (χ4v) is 3.84. The first kappa shape index (κ1) is 22.5. The number of aromatic nitrogens is 3.